The third-order valence-electron chi connectivity index (χ3n) is 4.12. The van der Waals surface area contributed by atoms with E-state index in [9.17, 15) is 0 Å². The van der Waals surface area contributed by atoms with Gasteiger partial charge in [0.05, 0.1) is 0 Å². The van der Waals surface area contributed by atoms with Gasteiger partial charge >= 0.3 is 26.2 Å². The first-order chi connectivity index (χ1) is 10.3. The average molecular weight is 434 g/mol. The second-order valence-electron chi connectivity index (χ2n) is 5.25. The van der Waals surface area contributed by atoms with Gasteiger partial charge in [-0.1, -0.05) is 0 Å². The van der Waals surface area contributed by atoms with Gasteiger partial charge in [0, 0.05) is 0 Å². The molecule has 0 fully saturated rings. The van der Waals surface area contributed by atoms with Crippen LogP contribution in [0.15, 0.2) is 0 Å². The molecule has 0 spiro atoms. The van der Waals surface area contributed by atoms with E-state index in [1.165, 1.54) is 22.3 Å². The molecule has 0 amide bonds. The minimum absolute atomic E-state index is 0. The van der Waals surface area contributed by atoms with E-state index in [1.807, 2.05) is 0 Å². The molecule has 5 heteroatoms. The molecular weight excluding hydrogens is 401 g/mol. The first kappa shape index (κ1) is 28.2. The van der Waals surface area contributed by atoms with Crippen molar-refractivity contribution < 1.29 is 36.4 Å². The Hall–Kier alpha value is 0.363. The topological polar surface area (TPSA) is 46.1 Å². The molecule has 2 aromatic rings. The Balaban J connectivity index is -0.000000276. The minimum Gasteiger partial charge on any atom is -0.857 e. The van der Waals surface area contributed by atoms with E-state index >= 15 is 0 Å². The summed E-state index contributed by atoms with van der Waals surface area (Å²) in [5.41, 5.74) is 6.08. The van der Waals surface area contributed by atoms with Crippen molar-refractivity contribution in [2.24, 2.45) is 0 Å². The largest absolute Gasteiger partial charge is 2.00 e. The molecular formula is C18H32O2P2Zr. The molecule has 0 aliphatic heterocycles. The second-order valence-corrected chi connectivity index (χ2v) is 8.75. The van der Waals surface area contributed by atoms with Gasteiger partial charge in [0.2, 0.25) is 0 Å². The Morgan fingerprint density at radius 3 is 0.609 bits per heavy atom. The van der Waals surface area contributed by atoms with Gasteiger partial charge in [-0.05, 0) is 98.8 Å². The van der Waals surface area contributed by atoms with Crippen molar-refractivity contribution in [1.29, 1.82) is 0 Å². The van der Waals surface area contributed by atoms with Gasteiger partial charge < -0.3 is 10.2 Å². The summed E-state index contributed by atoms with van der Waals surface area (Å²) in [6, 6.07) is 0. The molecule has 0 atom stereocenters. The van der Waals surface area contributed by atoms with Crippen LogP contribution in [-0.2, 0) is 26.2 Å². The fourth-order valence-corrected chi connectivity index (χ4v) is 4.69. The monoisotopic (exact) mass is 432 g/mol. The molecule has 0 aliphatic carbocycles. The number of hydrogen-bond donors (Lipinski definition) is 0. The molecule has 23 heavy (non-hydrogen) atoms. The van der Waals surface area contributed by atoms with E-state index in [1.54, 1.807) is 21.2 Å². The summed E-state index contributed by atoms with van der Waals surface area (Å²) < 4.78 is 0. The van der Waals surface area contributed by atoms with E-state index in [4.69, 9.17) is 10.2 Å². The zero-order valence-corrected chi connectivity index (χ0v) is 20.8. The average Bonchev–Trinajstić information content (AvgIpc) is 2.88. The maximum atomic E-state index is 8.25. The van der Waals surface area contributed by atoms with Crippen LogP contribution in [0.5, 0.6) is 0 Å². The van der Waals surface area contributed by atoms with Gasteiger partial charge in [0.15, 0.2) is 0 Å². The SMILES string of the molecule is C[O-].C[O-].Cc1[pH]c(C)c(C)c1C.Cc1[pH]c(C)c(C)c1C.[Zr+2]. The Morgan fingerprint density at radius 1 is 0.435 bits per heavy atom. The van der Waals surface area contributed by atoms with Crippen molar-refractivity contribution in [2.75, 3.05) is 14.2 Å². The van der Waals surface area contributed by atoms with Gasteiger partial charge in [-0.15, -0.1) is 16.4 Å². The quantitative estimate of drug-likeness (QED) is 0.633. The van der Waals surface area contributed by atoms with E-state index in [0.717, 1.165) is 30.6 Å². The van der Waals surface area contributed by atoms with Gasteiger partial charge in [-0.3, -0.25) is 0 Å². The maximum absolute atomic E-state index is 8.25. The summed E-state index contributed by atoms with van der Waals surface area (Å²) in [4.78, 5) is 0. The summed E-state index contributed by atoms with van der Waals surface area (Å²) in [6.07, 6.45) is 0. The van der Waals surface area contributed by atoms with Crippen LogP contribution in [0, 0.1) is 55.4 Å². The molecule has 0 saturated heterocycles. The molecule has 2 nitrogen and oxygen atoms in total. The second kappa shape index (κ2) is 14.7. The molecule has 2 aromatic heterocycles. The number of rotatable bonds is 0. The molecule has 2 heterocycles. The summed E-state index contributed by atoms with van der Waals surface area (Å²) in [5.74, 6) is 0. The molecule has 0 aliphatic rings. The van der Waals surface area contributed by atoms with Crippen LogP contribution in [-0.4, -0.2) is 14.2 Å². The Bertz CT molecular complexity index is 463. The third-order valence-corrected chi connectivity index (χ3v) is 7.12. The van der Waals surface area contributed by atoms with Crippen molar-refractivity contribution >= 4 is 16.4 Å². The third kappa shape index (κ3) is 8.85. The van der Waals surface area contributed by atoms with Crippen molar-refractivity contribution in [3.05, 3.63) is 43.4 Å². The molecule has 0 radical (unpaired) electrons. The van der Waals surface area contributed by atoms with Gasteiger partial charge in [0.1, 0.15) is 0 Å². The zero-order valence-electron chi connectivity index (χ0n) is 16.3. The fourth-order valence-electron chi connectivity index (χ4n) is 2.06. The van der Waals surface area contributed by atoms with Crippen LogP contribution in [0.2, 0.25) is 0 Å². The molecule has 2 rings (SSSR count). The Labute approximate surface area is 165 Å². The van der Waals surface area contributed by atoms with E-state index < -0.39 is 0 Å². The standard InChI is InChI=1S/2C8H13P.2CH3O.Zr/c2*1-5-6(2)8(4)9-7(5)3;2*1-2;/h2*9H,1-4H3;2*1H3;/q;;2*-1;+2. The Morgan fingerprint density at radius 2 is 0.565 bits per heavy atom. The first-order valence-electron chi connectivity index (χ1n) is 7.32. The van der Waals surface area contributed by atoms with Crippen molar-refractivity contribution in [2.45, 2.75) is 55.4 Å². The van der Waals surface area contributed by atoms with Crippen LogP contribution >= 0.6 is 16.4 Å². The van der Waals surface area contributed by atoms with E-state index in [2.05, 4.69) is 55.4 Å². The normalized spacial score (nSPS) is 8.52. The van der Waals surface area contributed by atoms with Crippen molar-refractivity contribution in [3.8, 4) is 0 Å². The number of aryl methyl sites for hydroxylation is 4. The maximum Gasteiger partial charge on any atom is 2.00 e. The van der Waals surface area contributed by atoms with E-state index in [0.29, 0.717) is 0 Å². The minimum atomic E-state index is 0. The summed E-state index contributed by atoms with van der Waals surface area (Å²) in [7, 11) is 3.45. The molecule has 0 N–H and O–H groups in total. The van der Waals surface area contributed by atoms with Crippen molar-refractivity contribution in [3.63, 3.8) is 0 Å². The Kier molecular flexibility index (Phi) is 18.0. The molecule has 0 aromatic carbocycles. The molecule has 0 bridgehead atoms. The van der Waals surface area contributed by atoms with Crippen LogP contribution in [0.3, 0.4) is 0 Å². The fraction of sp³-hybridized carbons (Fsp3) is 0.556. The molecule has 130 valence electrons. The van der Waals surface area contributed by atoms with Crippen LogP contribution < -0.4 is 10.2 Å². The summed E-state index contributed by atoms with van der Waals surface area (Å²) in [6.45, 7) is 17.8. The van der Waals surface area contributed by atoms with Crippen LogP contribution in [0.1, 0.15) is 43.4 Å². The molecule has 0 unspecified atom stereocenters. The van der Waals surface area contributed by atoms with Crippen LogP contribution in [0.25, 0.3) is 0 Å². The van der Waals surface area contributed by atoms with Gasteiger partial charge in [0.25, 0.3) is 0 Å². The van der Waals surface area contributed by atoms with Crippen LogP contribution in [0.4, 0.5) is 0 Å². The smallest absolute Gasteiger partial charge is 0.857 e. The summed E-state index contributed by atoms with van der Waals surface area (Å²) in [5, 5.41) is 22.8. The van der Waals surface area contributed by atoms with Gasteiger partial charge in [-0.2, -0.15) is 14.2 Å². The number of hydrogen-bond acceptors (Lipinski definition) is 2. The zero-order chi connectivity index (χ0) is 18.0. The first-order valence-corrected chi connectivity index (χ1v) is 9.32. The van der Waals surface area contributed by atoms with Gasteiger partial charge in [-0.25, -0.2) is 0 Å². The predicted molar refractivity (Wildman–Crippen MR) is 102 cm³/mol. The summed E-state index contributed by atoms with van der Waals surface area (Å²) >= 11 is 0. The van der Waals surface area contributed by atoms with Crippen molar-refractivity contribution in [1.82, 2.24) is 0 Å². The molecule has 0 saturated carbocycles. The predicted octanol–water partition coefficient (Wildman–Crippen LogP) is 3.85. The van der Waals surface area contributed by atoms with E-state index in [-0.39, 0.29) is 26.2 Å².